The first-order chi connectivity index (χ1) is 36.6. The molecule has 1 fully saturated rings. The van der Waals surface area contributed by atoms with Gasteiger partial charge in [0.15, 0.2) is 0 Å². The number of nitrogens with zero attached hydrogens (tertiary/aromatic N) is 1. The van der Waals surface area contributed by atoms with Crippen molar-refractivity contribution < 1.29 is 58.2 Å². The van der Waals surface area contributed by atoms with Crippen LogP contribution in [0, 0.1) is 5.92 Å². The van der Waals surface area contributed by atoms with Crippen molar-refractivity contribution in [3.63, 3.8) is 0 Å². The van der Waals surface area contributed by atoms with Crippen molar-refractivity contribution in [2.75, 3.05) is 32.7 Å². The van der Waals surface area contributed by atoms with Gasteiger partial charge in [0.05, 0.1) is 12.2 Å². The molecule has 10 amide bonds. The Hall–Kier alpha value is -6.16. The topological polar surface area (TPSA) is 441 Å². The Morgan fingerprint density at radius 2 is 1.08 bits per heavy atom. The molecule has 1 heterocycles. The van der Waals surface area contributed by atoms with Gasteiger partial charge in [-0.05, 0) is 103 Å². The maximum absolute atomic E-state index is 15.2. The van der Waals surface area contributed by atoms with Crippen molar-refractivity contribution in [2.45, 2.75) is 185 Å². The molecule has 434 valence electrons. The van der Waals surface area contributed by atoms with E-state index in [1.165, 1.54) is 6.92 Å². The van der Waals surface area contributed by atoms with Crippen LogP contribution >= 0.6 is 0 Å². The lowest BCUT2D eigenvalue weighted by atomic mass is 10.00. The lowest BCUT2D eigenvalue weighted by Gasteiger charge is -2.36. The summed E-state index contributed by atoms with van der Waals surface area (Å²) in [5.41, 5.74) is 30.3. The summed E-state index contributed by atoms with van der Waals surface area (Å²) in [7, 11) is 0. The molecule has 0 saturated carbocycles. The number of hydrogen-bond acceptors (Lipinski definition) is 17. The standard InChI is InChI=1S/C51H88N14O12/c1-6-7-8-9-13-16-40(68)63-41(30(4)66)49(75)60-36(20-25-55)50(76)65-39(21-26-56)48(74)59-34(18-23-53)44(70)62-38(28-32-14-11-10-12-15-32)47(73)61-37(27-29(2)3)46(72)58-33(17-22-52)43(69)57-35(19-24-54)45(71)64-42(31(5)67)51(65)77/h10-12,14-15,29-31,33-39,41-42,66-67H,6-9,13,16-28,52-56H2,1-5H3,(H,57,69)(H,58,72)(H,59,74)(H,60,75)(H,61,73)(H,62,70)(H,63,68)(H,64,71)/t30-,31-,33+,34+,35+,36+,37+,38-,39+,41+,42+/m1/s1. The first kappa shape index (κ1) is 67.0. The van der Waals surface area contributed by atoms with Crippen LogP contribution in [0.2, 0.25) is 0 Å². The maximum atomic E-state index is 15.2. The summed E-state index contributed by atoms with van der Waals surface area (Å²) >= 11 is 0. The van der Waals surface area contributed by atoms with Gasteiger partial charge in [0, 0.05) is 12.8 Å². The summed E-state index contributed by atoms with van der Waals surface area (Å²) in [6.07, 6.45) is -0.979. The fourth-order valence-corrected chi connectivity index (χ4v) is 8.56. The molecule has 11 atom stereocenters. The number of benzene rings is 1. The van der Waals surface area contributed by atoms with Crippen molar-refractivity contribution >= 4 is 59.1 Å². The van der Waals surface area contributed by atoms with E-state index in [1.807, 2.05) is 6.92 Å². The van der Waals surface area contributed by atoms with Gasteiger partial charge in [-0.15, -0.1) is 0 Å². The quantitative estimate of drug-likeness (QED) is 0.0391. The van der Waals surface area contributed by atoms with E-state index < -0.39 is 145 Å². The molecule has 0 aliphatic carbocycles. The van der Waals surface area contributed by atoms with Crippen LogP contribution in [-0.2, 0) is 54.4 Å². The number of nitrogens with one attached hydrogen (secondary N) is 8. The molecule has 1 aliphatic heterocycles. The maximum Gasteiger partial charge on any atom is 0.255 e. The Morgan fingerprint density at radius 3 is 1.57 bits per heavy atom. The zero-order valence-corrected chi connectivity index (χ0v) is 45.4. The minimum Gasteiger partial charge on any atom is -0.391 e. The summed E-state index contributed by atoms with van der Waals surface area (Å²) in [5, 5.41) is 42.3. The van der Waals surface area contributed by atoms with Gasteiger partial charge in [-0.3, -0.25) is 52.8 Å². The van der Waals surface area contributed by atoms with E-state index in [2.05, 4.69) is 42.5 Å². The SMILES string of the molecule is CCCCCCCC(=O)N[C@H](C(=O)N[C@@H](CCN)C(=O)N1C(=O)[C@H]([C@@H](C)O)NC(=O)[C@H](CCN)NC(=O)[C@H](CCN)NC(=O)[C@H](CC(C)C)NC(=O)[C@@H](Cc2ccccc2)NC(=O)[C@H](CCN)NC(=O)[C@@H]1CCN)[C@@H](C)O. The Kier molecular flexibility index (Phi) is 30.7. The number of carbonyl (C=O) groups is 10. The Bertz CT molecular complexity index is 2080. The highest BCUT2D eigenvalue weighted by molar-refractivity contribution is 6.07. The van der Waals surface area contributed by atoms with E-state index >= 15 is 9.59 Å². The third kappa shape index (κ3) is 22.4. The predicted molar refractivity (Wildman–Crippen MR) is 286 cm³/mol. The van der Waals surface area contributed by atoms with Crippen LogP contribution < -0.4 is 71.2 Å². The van der Waals surface area contributed by atoms with Gasteiger partial charge in [0.25, 0.3) is 11.8 Å². The lowest BCUT2D eigenvalue weighted by Crippen LogP contribution is -2.66. The van der Waals surface area contributed by atoms with E-state index in [0.717, 1.165) is 32.6 Å². The number of amides is 10. The molecule has 1 aliphatic rings. The molecular formula is C51H88N14O12. The normalized spacial score (nSPS) is 23.2. The van der Waals surface area contributed by atoms with Gasteiger partial charge >= 0.3 is 0 Å². The number of hydrogen-bond donors (Lipinski definition) is 15. The van der Waals surface area contributed by atoms with E-state index in [-0.39, 0.29) is 70.6 Å². The Balaban J connectivity index is 2.94. The van der Waals surface area contributed by atoms with Crippen LogP contribution in [0.1, 0.15) is 117 Å². The molecule has 2 rings (SSSR count). The highest BCUT2D eigenvalue weighted by Crippen LogP contribution is 2.17. The van der Waals surface area contributed by atoms with Crippen molar-refractivity contribution in [2.24, 2.45) is 34.6 Å². The van der Waals surface area contributed by atoms with Crippen LogP contribution in [0.5, 0.6) is 0 Å². The number of aliphatic hydroxyl groups excluding tert-OH is 2. The molecule has 0 radical (unpaired) electrons. The molecule has 77 heavy (non-hydrogen) atoms. The first-order valence-corrected chi connectivity index (χ1v) is 26.8. The van der Waals surface area contributed by atoms with E-state index in [4.69, 9.17) is 28.7 Å². The second kappa shape index (κ2) is 35.3. The zero-order chi connectivity index (χ0) is 57.8. The van der Waals surface area contributed by atoms with Crippen molar-refractivity contribution in [3.05, 3.63) is 35.9 Å². The predicted octanol–water partition coefficient (Wildman–Crippen LogP) is -4.24. The molecule has 20 N–H and O–H groups in total. The number of nitrogens with two attached hydrogens (primary N) is 5. The van der Waals surface area contributed by atoms with Crippen LogP contribution in [-0.4, -0.2) is 173 Å². The van der Waals surface area contributed by atoms with Crippen LogP contribution in [0.3, 0.4) is 0 Å². The van der Waals surface area contributed by atoms with Gasteiger partial charge in [-0.1, -0.05) is 76.8 Å². The highest BCUT2D eigenvalue weighted by atomic mass is 16.3. The molecular weight excluding hydrogens is 1000 g/mol. The van der Waals surface area contributed by atoms with E-state index in [1.54, 1.807) is 44.2 Å². The monoisotopic (exact) mass is 1090 g/mol. The van der Waals surface area contributed by atoms with Crippen LogP contribution in [0.15, 0.2) is 30.3 Å². The number of rotatable bonds is 26. The number of unbranched alkanes of at least 4 members (excludes halogenated alkanes) is 4. The largest absolute Gasteiger partial charge is 0.391 e. The summed E-state index contributed by atoms with van der Waals surface area (Å²) < 4.78 is 0. The summed E-state index contributed by atoms with van der Waals surface area (Å²) in [6.45, 7) is 6.62. The van der Waals surface area contributed by atoms with Crippen LogP contribution in [0.25, 0.3) is 0 Å². The molecule has 26 heteroatoms. The van der Waals surface area contributed by atoms with Crippen LogP contribution in [0.4, 0.5) is 0 Å². The fraction of sp³-hybridized carbons (Fsp3) is 0.686. The van der Waals surface area contributed by atoms with Gasteiger partial charge in [-0.2, -0.15) is 0 Å². The zero-order valence-electron chi connectivity index (χ0n) is 45.4. The van der Waals surface area contributed by atoms with Gasteiger partial charge in [-0.25, -0.2) is 0 Å². The van der Waals surface area contributed by atoms with Crippen molar-refractivity contribution in [1.29, 1.82) is 0 Å². The summed E-state index contributed by atoms with van der Waals surface area (Å²) in [6, 6.07) is -6.19. The molecule has 26 nitrogen and oxygen atoms in total. The van der Waals surface area contributed by atoms with Gasteiger partial charge < -0.3 is 81.4 Å². The third-order valence-corrected chi connectivity index (χ3v) is 12.8. The highest BCUT2D eigenvalue weighted by Gasteiger charge is 2.45. The minimum absolute atomic E-state index is 0.0272. The molecule has 1 aromatic rings. The smallest absolute Gasteiger partial charge is 0.255 e. The molecule has 1 aromatic carbocycles. The second-order valence-corrected chi connectivity index (χ2v) is 19.8. The molecule has 1 saturated heterocycles. The molecule has 0 unspecified atom stereocenters. The van der Waals surface area contributed by atoms with Crippen molar-refractivity contribution in [1.82, 2.24) is 47.4 Å². The average Bonchev–Trinajstić information content (AvgIpc) is 3.37. The van der Waals surface area contributed by atoms with Gasteiger partial charge in [0.1, 0.15) is 54.4 Å². The average molecular weight is 1090 g/mol. The molecule has 0 bridgehead atoms. The molecule has 0 aromatic heterocycles. The van der Waals surface area contributed by atoms with Gasteiger partial charge in [0.2, 0.25) is 47.3 Å². The third-order valence-electron chi connectivity index (χ3n) is 12.8. The first-order valence-electron chi connectivity index (χ1n) is 26.8. The van der Waals surface area contributed by atoms with E-state index in [9.17, 15) is 48.6 Å². The minimum atomic E-state index is -2.10. The fourth-order valence-electron chi connectivity index (χ4n) is 8.56. The summed E-state index contributed by atoms with van der Waals surface area (Å²) in [4.78, 5) is 144. The van der Waals surface area contributed by atoms with E-state index in [0.29, 0.717) is 16.9 Å². The van der Waals surface area contributed by atoms with Crippen molar-refractivity contribution in [3.8, 4) is 0 Å². The number of imide groups is 1. The lowest BCUT2D eigenvalue weighted by molar-refractivity contribution is -0.158. The Morgan fingerprint density at radius 1 is 0.597 bits per heavy atom. The number of carbonyl (C=O) groups excluding carboxylic acids is 10. The Labute approximate surface area is 451 Å². The summed E-state index contributed by atoms with van der Waals surface area (Å²) in [5.74, 6) is -10.4. The number of aliphatic hydroxyl groups is 2. The molecule has 0 spiro atoms. The second-order valence-electron chi connectivity index (χ2n) is 19.8.